The molecule has 1 heterocycles. The van der Waals surface area contributed by atoms with E-state index in [1.165, 1.54) is 17.8 Å². The molecule has 1 aromatic carbocycles. The molecule has 0 saturated carbocycles. The molecule has 2 unspecified atom stereocenters. The third-order valence-electron chi connectivity index (χ3n) is 4.61. The topological polar surface area (TPSA) is 18.5 Å². The van der Waals surface area contributed by atoms with E-state index >= 15 is 0 Å². The third-order valence-corrected chi connectivity index (χ3v) is 4.61. The molecule has 1 aromatic rings. The van der Waals surface area contributed by atoms with Crippen LogP contribution in [0.5, 0.6) is 0 Å². The summed E-state index contributed by atoms with van der Waals surface area (Å²) in [6, 6.07) is 10.0. The van der Waals surface area contributed by atoms with Crippen LogP contribution in [0, 0.1) is 5.41 Å². The Morgan fingerprint density at radius 1 is 1.29 bits per heavy atom. The minimum Gasteiger partial charge on any atom is -0.378 e. The van der Waals surface area contributed by atoms with Crippen LogP contribution in [0.4, 0.5) is 11.4 Å². The Hall–Kier alpha value is -1.22. The highest BCUT2D eigenvalue weighted by molar-refractivity contribution is 5.59. The maximum absolute atomic E-state index is 3.75. The van der Waals surface area contributed by atoms with Crippen molar-refractivity contribution >= 4 is 11.4 Å². The van der Waals surface area contributed by atoms with Crippen molar-refractivity contribution in [2.45, 2.75) is 46.2 Å². The number of hydrogen-bond donors (Lipinski definition) is 1. The Labute approximate surface area is 130 Å². The molecule has 3 nitrogen and oxygen atoms in total. The molecule has 0 aromatic heterocycles. The van der Waals surface area contributed by atoms with Crippen molar-refractivity contribution < 1.29 is 0 Å². The first kappa shape index (κ1) is 16.2. The Balaban J connectivity index is 2.27. The van der Waals surface area contributed by atoms with E-state index in [1.807, 2.05) is 0 Å². The molecule has 0 aliphatic carbocycles. The molecule has 1 aliphatic rings. The maximum atomic E-state index is 3.75. The summed E-state index contributed by atoms with van der Waals surface area (Å²) in [6.45, 7) is 11.4. The van der Waals surface area contributed by atoms with Crippen LogP contribution in [-0.2, 0) is 0 Å². The smallest absolute Gasteiger partial charge is 0.0412 e. The fourth-order valence-electron chi connectivity index (χ4n) is 3.01. The average Bonchev–Trinajstić information content (AvgIpc) is 2.45. The van der Waals surface area contributed by atoms with Gasteiger partial charge in [0.25, 0.3) is 0 Å². The Bertz CT molecular complexity index is 462. The van der Waals surface area contributed by atoms with Crippen molar-refractivity contribution in [3.05, 3.63) is 24.3 Å². The molecule has 2 rings (SSSR count). The lowest BCUT2D eigenvalue weighted by Crippen LogP contribution is -2.60. The van der Waals surface area contributed by atoms with Gasteiger partial charge in [0.2, 0.25) is 0 Å². The molecule has 1 fully saturated rings. The van der Waals surface area contributed by atoms with Crippen LogP contribution in [0.3, 0.4) is 0 Å². The highest BCUT2D eigenvalue weighted by atomic mass is 15.2. The van der Waals surface area contributed by atoms with Crippen LogP contribution in [0.2, 0.25) is 0 Å². The minimum absolute atomic E-state index is 0.288. The molecule has 0 radical (unpaired) electrons. The molecular formula is C18H31N3. The highest BCUT2D eigenvalue weighted by Crippen LogP contribution is 2.29. The van der Waals surface area contributed by atoms with E-state index in [4.69, 9.17) is 0 Å². The molecule has 3 heteroatoms. The summed E-state index contributed by atoms with van der Waals surface area (Å²) in [5, 5.41) is 3.75. The summed E-state index contributed by atoms with van der Waals surface area (Å²) in [5.74, 6) is 0. The molecule has 0 spiro atoms. The van der Waals surface area contributed by atoms with Crippen molar-refractivity contribution in [3.8, 4) is 0 Å². The maximum Gasteiger partial charge on any atom is 0.0412 e. The molecule has 1 N–H and O–H groups in total. The second-order valence-corrected chi connectivity index (χ2v) is 7.46. The lowest BCUT2D eigenvalue weighted by atomic mass is 9.84. The number of anilines is 2. The van der Waals surface area contributed by atoms with Gasteiger partial charge in [0.1, 0.15) is 0 Å². The van der Waals surface area contributed by atoms with E-state index in [1.54, 1.807) is 0 Å². The number of nitrogens with zero attached hydrogens (tertiary/aromatic N) is 2. The van der Waals surface area contributed by atoms with Gasteiger partial charge in [0.05, 0.1) is 0 Å². The average molecular weight is 289 g/mol. The Morgan fingerprint density at radius 2 is 2.00 bits per heavy atom. The minimum atomic E-state index is 0.288. The Morgan fingerprint density at radius 3 is 2.57 bits per heavy atom. The van der Waals surface area contributed by atoms with E-state index in [-0.39, 0.29) is 5.41 Å². The first-order chi connectivity index (χ1) is 9.82. The number of hydrogen-bond acceptors (Lipinski definition) is 3. The summed E-state index contributed by atoms with van der Waals surface area (Å²) in [6.07, 6.45) is 1.18. The van der Waals surface area contributed by atoms with Crippen molar-refractivity contribution in [1.29, 1.82) is 0 Å². The zero-order valence-electron chi connectivity index (χ0n) is 14.5. The van der Waals surface area contributed by atoms with Crippen LogP contribution >= 0.6 is 0 Å². The first-order valence-electron chi connectivity index (χ1n) is 8.10. The van der Waals surface area contributed by atoms with E-state index in [0.29, 0.717) is 12.1 Å². The molecule has 0 bridgehead atoms. The van der Waals surface area contributed by atoms with Crippen molar-refractivity contribution in [2.75, 3.05) is 37.0 Å². The highest BCUT2D eigenvalue weighted by Gasteiger charge is 2.33. The monoisotopic (exact) mass is 289 g/mol. The summed E-state index contributed by atoms with van der Waals surface area (Å²) < 4.78 is 0. The van der Waals surface area contributed by atoms with Crippen molar-refractivity contribution in [3.63, 3.8) is 0 Å². The summed E-state index contributed by atoms with van der Waals surface area (Å²) in [5.41, 5.74) is 2.91. The van der Waals surface area contributed by atoms with E-state index in [0.717, 1.165) is 13.1 Å². The SMILES string of the molecule is CCC1CNC(C(C)(C)C)CN1c1cccc(N(C)C)c1. The van der Waals surface area contributed by atoms with E-state index < -0.39 is 0 Å². The molecule has 1 saturated heterocycles. The van der Waals surface area contributed by atoms with Gasteiger partial charge < -0.3 is 15.1 Å². The van der Waals surface area contributed by atoms with Gasteiger partial charge in [0.15, 0.2) is 0 Å². The zero-order valence-corrected chi connectivity index (χ0v) is 14.5. The molecule has 118 valence electrons. The fraction of sp³-hybridized carbons (Fsp3) is 0.667. The summed E-state index contributed by atoms with van der Waals surface area (Å²) >= 11 is 0. The summed E-state index contributed by atoms with van der Waals surface area (Å²) in [7, 11) is 4.21. The lowest BCUT2D eigenvalue weighted by molar-refractivity contribution is 0.234. The van der Waals surface area contributed by atoms with Gasteiger partial charge in [-0.2, -0.15) is 0 Å². The van der Waals surface area contributed by atoms with Crippen molar-refractivity contribution in [2.24, 2.45) is 5.41 Å². The zero-order chi connectivity index (χ0) is 15.6. The number of benzene rings is 1. The third kappa shape index (κ3) is 3.70. The van der Waals surface area contributed by atoms with Crippen LogP contribution in [-0.4, -0.2) is 39.3 Å². The largest absolute Gasteiger partial charge is 0.378 e. The molecule has 21 heavy (non-hydrogen) atoms. The van der Waals surface area contributed by atoms with Gasteiger partial charge in [0, 0.05) is 50.6 Å². The van der Waals surface area contributed by atoms with Gasteiger partial charge in [-0.25, -0.2) is 0 Å². The van der Waals surface area contributed by atoms with Crippen LogP contribution in [0.25, 0.3) is 0 Å². The Kier molecular flexibility index (Phi) is 4.82. The van der Waals surface area contributed by atoms with Gasteiger partial charge in [-0.15, -0.1) is 0 Å². The van der Waals surface area contributed by atoms with Gasteiger partial charge >= 0.3 is 0 Å². The van der Waals surface area contributed by atoms with E-state index in [2.05, 4.69) is 81.2 Å². The second kappa shape index (κ2) is 6.27. The standard InChI is InChI=1S/C18H31N3/c1-7-14-12-19-17(18(2,3)4)13-21(14)16-10-8-9-15(11-16)20(5)6/h8-11,14,17,19H,7,12-13H2,1-6H3. The number of piperazine rings is 1. The predicted octanol–water partition coefficient (Wildman–Crippen LogP) is 3.36. The van der Waals surface area contributed by atoms with Gasteiger partial charge in [-0.3, -0.25) is 0 Å². The lowest BCUT2D eigenvalue weighted by Gasteiger charge is -2.46. The first-order valence-corrected chi connectivity index (χ1v) is 8.10. The second-order valence-electron chi connectivity index (χ2n) is 7.46. The normalized spacial score (nSPS) is 23.2. The van der Waals surface area contributed by atoms with Crippen LogP contribution < -0.4 is 15.1 Å². The summed E-state index contributed by atoms with van der Waals surface area (Å²) in [4.78, 5) is 4.77. The molecule has 1 aliphatic heterocycles. The predicted molar refractivity (Wildman–Crippen MR) is 93.4 cm³/mol. The van der Waals surface area contributed by atoms with Crippen LogP contribution in [0.15, 0.2) is 24.3 Å². The van der Waals surface area contributed by atoms with Gasteiger partial charge in [-0.1, -0.05) is 33.8 Å². The number of nitrogens with one attached hydrogen (secondary N) is 1. The van der Waals surface area contributed by atoms with E-state index in [9.17, 15) is 0 Å². The van der Waals surface area contributed by atoms with Crippen LogP contribution in [0.1, 0.15) is 34.1 Å². The van der Waals surface area contributed by atoms with Crippen molar-refractivity contribution in [1.82, 2.24) is 5.32 Å². The molecule has 2 atom stereocenters. The molecular weight excluding hydrogens is 258 g/mol. The van der Waals surface area contributed by atoms with Gasteiger partial charge in [-0.05, 0) is 30.0 Å². The molecule has 0 amide bonds. The number of rotatable bonds is 3. The fourth-order valence-corrected chi connectivity index (χ4v) is 3.01. The quantitative estimate of drug-likeness (QED) is 0.920.